The minimum absolute atomic E-state index is 0.0253. The summed E-state index contributed by atoms with van der Waals surface area (Å²) in [5, 5.41) is 13.8. The van der Waals surface area contributed by atoms with E-state index in [1.165, 1.54) is 31.4 Å². The van der Waals surface area contributed by atoms with Gasteiger partial charge in [-0.15, -0.1) is 0 Å². The molecule has 0 aromatic carbocycles. The van der Waals surface area contributed by atoms with Crippen molar-refractivity contribution in [3.8, 4) is 0 Å². The van der Waals surface area contributed by atoms with E-state index >= 15 is 0 Å². The molecule has 1 aromatic heterocycles. The van der Waals surface area contributed by atoms with Crippen molar-refractivity contribution in [2.45, 2.75) is 25.7 Å². The first-order valence-corrected chi connectivity index (χ1v) is 6.06. The summed E-state index contributed by atoms with van der Waals surface area (Å²) in [5.41, 5.74) is 2.30. The zero-order valence-corrected chi connectivity index (χ0v) is 10.1. The standard InChI is InChI=1S/C11H17N5O2/c12-15-11-7-9(16(17)18)6-10(14-11)13-5-1-2-8-3-4-8/h6-8H,1-5,12H2,(H2,13,14,15). The second kappa shape index (κ2) is 5.63. The lowest BCUT2D eigenvalue weighted by Crippen LogP contribution is -2.11. The summed E-state index contributed by atoms with van der Waals surface area (Å²) >= 11 is 0. The Hall–Kier alpha value is -1.89. The summed E-state index contributed by atoms with van der Waals surface area (Å²) in [4.78, 5) is 14.4. The fourth-order valence-corrected chi connectivity index (χ4v) is 1.80. The molecule has 7 heteroatoms. The molecule has 0 unspecified atom stereocenters. The lowest BCUT2D eigenvalue weighted by Gasteiger charge is -2.07. The molecule has 0 saturated heterocycles. The average Bonchev–Trinajstić information content (AvgIpc) is 3.18. The van der Waals surface area contributed by atoms with Crippen molar-refractivity contribution in [3.05, 3.63) is 22.2 Å². The number of hydrogen-bond donors (Lipinski definition) is 3. The Kier molecular flexibility index (Phi) is 3.93. The van der Waals surface area contributed by atoms with Crippen LogP contribution in [0.2, 0.25) is 0 Å². The summed E-state index contributed by atoms with van der Waals surface area (Å²) in [6, 6.07) is 2.72. The molecule has 2 rings (SSSR count). The summed E-state index contributed by atoms with van der Waals surface area (Å²) in [7, 11) is 0. The van der Waals surface area contributed by atoms with Crippen LogP contribution in [0.15, 0.2) is 12.1 Å². The minimum atomic E-state index is -0.460. The number of hydrazine groups is 1. The van der Waals surface area contributed by atoms with Gasteiger partial charge in [-0.1, -0.05) is 12.8 Å². The third-order valence-corrected chi connectivity index (χ3v) is 2.96. The van der Waals surface area contributed by atoms with Crippen molar-refractivity contribution < 1.29 is 4.92 Å². The molecule has 1 saturated carbocycles. The Morgan fingerprint density at radius 3 is 2.78 bits per heavy atom. The largest absolute Gasteiger partial charge is 0.370 e. The van der Waals surface area contributed by atoms with Crippen molar-refractivity contribution >= 4 is 17.3 Å². The van der Waals surface area contributed by atoms with Crippen molar-refractivity contribution in [2.75, 3.05) is 17.3 Å². The Morgan fingerprint density at radius 1 is 1.44 bits per heavy atom. The van der Waals surface area contributed by atoms with Gasteiger partial charge >= 0.3 is 0 Å². The smallest absolute Gasteiger partial charge is 0.276 e. The molecule has 1 aliphatic carbocycles. The van der Waals surface area contributed by atoms with Crippen molar-refractivity contribution in [1.29, 1.82) is 0 Å². The van der Waals surface area contributed by atoms with Crippen LogP contribution in [0.4, 0.5) is 17.3 Å². The van der Waals surface area contributed by atoms with E-state index in [-0.39, 0.29) is 11.5 Å². The third-order valence-electron chi connectivity index (χ3n) is 2.96. The first-order valence-electron chi connectivity index (χ1n) is 6.06. The lowest BCUT2D eigenvalue weighted by atomic mass is 10.2. The zero-order chi connectivity index (χ0) is 13.0. The van der Waals surface area contributed by atoms with Crippen LogP contribution in [0.5, 0.6) is 0 Å². The van der Waals surface area contributed by atoms with E-state index in [9.17, 15) is 10.1 Å². The molecule has 0 atom stereocenters. The van der Waals surface area contributed by atoms with Gasteiger partial charge in [0.2, 0.25) is 0 Å². The lowest BCUT2D eigenvalue weighted by molar-refractivity contribution is -0.384. The van der Waals surface area contributed by atoms with Crippen molar-refractivity contribution in [2.24, 2.45) is 11.8 Å². The number of aromatic nitrogens is 1. The predicted molar refractivity (Wildman–Crippen MR) is 69.1 cm³/mol. The molecule has 98 valence electrons. The Morgan fingerprint density at radius 2 is 2.17 bits per heavy atom. The molecule has 0 amide bonds. The van der Waals surface area contributed by atoms with Gasteiger partial charge in [-0.05, 0) is 18.8 Å². The maximum absolute atomic E-state index is 10.7. The van der Waals surface area contributed by atoms with Gasteiger partial charge in [0.15, 0.2) is 0 Å². The SMILES string of the molecule is NNc1cc([N+](=O)[O-])cc(NCCCC2CC2)n1. The second-order valence-electron chi connectivity index (χ2n) is 4.51. The molecule has 0 radical (unpaired) electrons. The molecule has 0 bridgehead atoms. The summed E-state index contributed by atoms with van der Waals surface area (Å²) < 4.78 is 0. The molecule has 1 aromatic rings. The fourth-order valence-electron chi connectivity index (χ4n) is 1.80. The van der Waals surface area contributed by atoms with E-state index in [2.05, 4.69) is 15.7 Å². The molecule has 18 heavy (non-hydrogen) atoms. The monoisotopic (exact) mass is 251 g/mol. The maximum Gasteiger partial charge on any atom is 0.276 e. The Bertz CT molecular complexity index is 433. The average molecular weight is 251 g/mol. The fraction of sp³-hybridized carbons (Fsp3) is 0.545. The van der Waals surface area contributed by atoms with Gasteiger partial charge < -0.3 is 10.7 Å². The second-order valence-corrected chi connectivity index (χ2v) is 4.51. The number of nitrogens with one attached hydrogen (secondary N) is 2. The summed E-state index contributed by atoms with van der Waals surface area (Å²) in [5.74, 6) is 6.89. The zero-order valence-electron chi connectivity index (χ0n) is 10.1. The Balaban J connectivity index is 1.92. The molecule has 1 fully saturated rings. The highest BCUT2D eigenvalue weighted by atomic mass is 16.6. The van der Waals surface area contributed by atoms with Gasteiger partial charge in [0.1, 0.15) is 11.6 Å². The number of pyridine rings is 1. The van der Waals surface area contributed by atoms with E-state index in [1.54, 1.807) is 0 Å². The topological polar surface area (TPSA) is 106 Å². The van der Waals surface area contributed by atoms with Crippen molar-refractivity contribution in [3.63, 3.8) is 0 Å². The van der Waals surface area contributed by atoms with Crippen molar-refractivity contribution in [1.82, 2.24) is 4.98 Å². The first-order chi connectivity index (χ1) is 8.69. The van der Waals surface area contributed by atoms with Crippen LogP contribution in [-0.4, -0.2) is 16.5 Å². The predicted octanol–water partition coefficient (Wildman–Crippen LogP) is 1.88. The van der Waals surface area contributed by atoms with Crippen LogP contribution in [0.1, 0.15) is 25.7 Å². The van der Waals surface area contributed by atoms with E-state index in [0.717, 1.165) is 18.9 Å². The van der Waals surface area contributed by atoms with Gasteiger partial charge in [-0.25, -0.2) is 10.8 Å². The number of nitro groups is 1. The molecule has 1 heterocycles. The van der Waals surface area contributed by atoms with Gasteiger partial charge in [0, 0.05) is 6.54 Å². The number of nitrogens with two attached hydrogens (primary N) is 1. The van der Waals surface area contributed by atoms with Crippen LogP contribution >= 0.6 is 0 Å². The van der Waals surface area contributed by atoms with Crippen LogP contribution in [0.25, 0.3) is 0 Å². The van der Waals surface area contributed by atoms with E-state index < -0.39 is 4.92 Å². The molecule has 4 N–H and O–H groups in total. The first kappa shape index (κ1) is 12.6. The van der Waals surface area contributed by atoms with Crippen LogP contribution < -0.4 is 16.6 Å². The molecular weight excluding hydrogens is 234 g/mol. The quantitative estimate of drug-likeness (QED) is 0.295. The molecule has 1 aliphatic rings. The van der Waals surface area contributed by atoms with Gasteiger partial charge in [0.25, 0.3) is 5.69 Å². The number of nitrogens with zero attached hydrogens (tertiary/aromatic N) is 2. The van der Waals surface area contributed by atoms with Gasteiger partial charge in [-0.2, -0.15) is 0 Å². The summed E-state index contributed by atoms with van der Waals surface area (Å²) in [6.45, 7) is 0.772. The number of anilines is 2. The van der Waals surface area contributed by atoms with E-state index in [1.807, 2.05) is 0 Å². The van der Waals surface area contributed by atoms with Gasteiger partial charge in [0.05, 0.1) is 17.1 Å². The number of rotatable bonds is 7. The minimum Gasteiger partial charge on any atom is -0.370 e. The number of nitrogen functional groups attached to an aromatic ring is 1. The highest BCUT2D eigenvalue weighted by Crippen LogP contribution is 2.33. The molecular formula is C11H17N5O2. The van der Waals surface area contributed by atoms with Gasteiger partial charge in [-0.3, -0.25) is 10.1 Å². The van der Waals surface area contributed by atoms with Crippen LogP contribution in [0.3, 0.4) is 0 Å². The molecule has 7 nitrogen and oxygen atoms in total. The Labute approximate surface area is 105 Å². The summed E-state index contributed by atoms with van der Waals surface area (Å²) in [6.07, 6.45) is 4.96. The van der Waals surface area contributed by atoms with E-state index in [0.29, 0.717) is 5.82 Å². The van der Waals surface area contributed by atoms with Crippen LogP contribution in [-0.2, 0) is 0 Å². The van der Waals surface area contributed by atoms with Crippen LogP contribution in [0, 0.1) is 16.0 Å². The molecule has 0 aliphatic heterocycles. The van der Waals surface area contributed by atoms with E-state index in [4.69, 9.17) is 5.84 Å². The third kappa shape index (κ3) is 3.56. The number of hydrogen-bond acceptors (Lipinski definition) is 6. The maximum atomic E-state index is 10.7. The molecule has 0 spiro atoms. The highest BCUT2D eigenvalue weighted by molar-refractivity contribution is 5.54. The highest BCUT2D eigenvalue weighted by Gasteiger charge is 2.20. The normalized spacial score (nSPS) is 14.3.